The lowest BCUT2D eigenvalue weighted by Gasteiger charge is -2.13. The monoisotopic (exact) mass is 382 g/mol. The van der Waals surface area contributed by atoms with Crippen LogP contribution >= 0.6 is 25.3 Å². The number of hydrogen-bond acceptors (Lipinski definition) is 5. The smallest absolute Gasteiger partial charge is 0.256 e. The molecule has 2 aromatic carbocycles. The minimum absolute atomic E-state index is 0.0915. The average Bonchev–Trinajstić information content (AvgIpc) is 2.48. The highest BCUT2D eigenvalue weighted by molar-refractivity contribution is 7.89. The summed E-state index contributed by atoms with van der Waals surface area (Å²) in [5.41, 5.74) is 0.843. The Morgan fingerprint density at radius 2 is 1.71 bits per heavy atom. The van der Waals surface area contributed by atoms with Crippen LogP contribution < -0.4 is 10.0 Å². The van der Waals surface area contributed by atoms with E-state index in [0.29, 0.717) is 21.0 Å². The summed E-state index contributed by atoms with van der Waals surface area (Å²) in [6.07, 6.45) is 0. The van der Waals surface area contributed by atoms with Crippen LogP contribution in [-0.4, -0.2) is 20.4 Å². The summed E-state index contributed by atoms with van der Waals surface area (Å²) in [7, 11) is -3.61. The summed E-state index contributed by atoms with van der Waals surface area (Å²) in [6.45, 7) is 3.48. The zero-order valence-corrected chi connectivity index (χ0v) is 15.8. The van der Waals surface area contributed by atoms with Crippen molar-refractivity contribution in [1.29, 1.82) is 0 Å². The molecule has 2 rings (SSSR count). The van der Waals surface area contributed by atoms with Crippen LogP contribution in [-0.2, 0) is 10.0 Å². The molecule has 5 nitrogen and oxygen atoms in total. The molecule has 0 aliphatic heterocycles. The molecule has 0 aliphatic rings. The summed E-state index contributed by atoms with van der Waals surface area (Å²) in [5, 5.41) is 2.71. The molecule has 0 fully saturated rings. The van der Waals surface area contributed by atoms with Gasteiger partial charge in [0, 0.05) is 15.8 Å². The molecule has 0 unspecified atom stereocenters. The van der Waals surface area contributed by atoms with Crippen LogP contribution in [0.25, 0.3) is 0 Å². The van der Waals surface area contributed by atoms with Crippen molar-refractivity contribution in [2.24, 2.45) is 0 Å². The van der Waals surface area contributed by atoms with Gasteiger partial charge in [-0.25, -0.2) is 13.1 Å². The molecule has 0 bridgehead atoms. The molecule has 24 heavy (non-hydrogen) atoms. The van der Waals surface area contributed by atoms with Gasteiger partial charge in [0.25, 0.3) is 5.91 Å². The number of nitrogens with one attached hydrogen (secondary N) is 2. The number of anilines is 1. The first-order valence-corrected chi connectivity index (χ1v) is 9.53. The number of hydrogen-bond donors (Lipinski definition) is 4. The number of sulfonamides is 1. The van der Waals surface area contributed by atoms with Crippen LogP contribution in [0, 0.1) is 0 Å². The van der Waals surface area contributed by atoms with Crippen LogP contribution in [0.3, 0.4) is 0 Å². The first kappa shape index (κ1) is 18.9. The number of amides is 1. The largest absolute Gasteiger partial charge is 0.321 e. The summed E-state index contributed by atoms with van der Waals surface area (Å²) in [4.78, 5) is 13.3. The quantitative estimate of drug-likeness (QED) is 0.600. The molecule has 0 spiro atoms. The van der Waals surface area contributed by atoms with Gasteiger partial charge in [-0.1, -0.05) is 12.1 Å². The van der Waals surface area contributed by atoms with Gasteiger partial charge in [-0.15, -0.1) is 25.3 Å². The lowest BCUT2D eigenvalue weighted by molar-refractivity contribution is 0.102. The van der Waals surface area contributed by atoms with Crippen LogP contribution in [0.5, 0.6) is 0 Å². The number of benzene rings is 2. The van der Waals surface area contributed by atoms with Gasteiger partial charge >= 0.3 is 0 Å². The molecule has 0 aliphatic carbocycles. The van der Waals surface area contributed by atoms with E-state index < -0.39 is 10.0 Å². The van der Waals surface area contributed by atoms with Crippen LogP contribution in [0.1, 0.15) is 24.2 Å². The highest BCUT2D eigenvalue weighted by Crippen LogP contribution is 2.25. The Balaban J connectivity index is 2.25. The second-order valence-corrected chi connectivity index (χ2v) is 8.10. The summed E-state index contributed by atoms with van der Waals surface area (Å²) in [6, 6.07) is 11.0. The fraction of sp³-hybridized carbons (Fsp3) is 0.188. The summed E-state index contributed by atoms with van der Waals surface area (Å²) < 4.78 is 26.8. The molecule has 8 heteroatoms. The molecule has 0 aromatic heterocycles. The summed E-state index contributed by atoms with van der Waals surface area (Å²) in [5.74, 6) is -0.341. The molecule has 0 saturated heterocycles. The van der Waals surface area contributed by atoms with Crippen molar-refractivity contribution in [3.05, 3.63) is 48.0 Å². The van der Waals surface area contributed by atoms with E-state index in [0.717, 1.165) is 0 Å². The third-order valence-corrected chi connectivity index (χ3v) is 5.48. The molecule has 0 heterocycles. The van der Waals surface area contributed by atoms with E-state index in [-0.39, 0.29) is 16.8 Å². The second kappa shape index (κ2) is 7.60. The third kappa shape index (κ3) is 4.54. The third-order valence-electron chi connectivity index (χ3n) is 3.07. The van der Waals surface area contributed by atoms with Gasteiger partial charge in [0.05, 0.1) is 16.1 Å². The number of carbonyl (C=O) groups excluding carboxylic acids is 1. The van der Waals surface area contributed by atoms with Crippen LogP contribution in [0.2, 0.25) is 0 Å². The van der Waals surface area contributed by atoms with Crippen molar-refractivity contribution in [1.82, 2.24) is 4.72 Å². The second-order valence-electron chi connectivity index (χ2n) is 5.43. The Hall–Kier alpha value is -1.48. The zero-order valence-electron chi connectivity index (χ0n) is 13.1. The maximum atomic E-state index is 12.3. The van der Waals surface area contributed by atoms with Gasteiger partial charge in [-0.05, 0) is 44.2 Å². The van der Waals surface area contributed by atoms with E-state index >= 15 is 0 Å². The highest BCUT2D eigenvalue weighted by atomic mass is 32.2. The molecule has 0 saturated carbocycles. The fourth-order valence-electron chi connectivity index (χ4n) is 2.02. The van der Waals surface area contributed by atoms with Gasteiger partial charge in [-0.3, -0.25) is 4.79 Å². The number of carbonyl (C=O) groups is 1. The standard InChI is InChI=1S/C16H18N2O3S3/c1-10(2)18-24(20,21)11-7-8-13(15(23)9-11)17-16(19)12-5-3-4-6-14(12)22/h3-10,18,22-23H,1-2H3,(H,17,19). The SMILES string of the molecule is CC(C)NS(=O)(=O)c1ccc(NC(=O)c2ccccc2S)c(S)c1. The van der Waals surface area contributed by atoms with Gasteiger partial charge in [0.15, 0.2) is 0 Å². The van der Waals surface area contributed by atoms with Crippen molar-refractivity contribution in [3.63, 3.8) is 0 Å². The topological polar surface area (TPSA) is 75.3 Å². The molecular formula is C16H18N2O3S3. The molecule has 0 radical (unpaired) electrons. The van der Waals surface area contributed by atoms with E-state index in [1.54, 1.807) is 38.1 Å². The minimum atomic E-state index is -3.61. The minimum Gasteiger partial charge on any atom is -0.321 e. The van der Waals surface area contributed by atoms with E-state index in [1.165, 1.54) is 18.2 Å². The van der Waals surface area contributed by atoms with E-state index in [4.69, 9.17) is 0 Å². The first-order valence-electron chi connectivity index (χ1n) is 7.15. The number of thiol groups is 2. The van der Waals surface area contributed by atoms with Gasteiger partial charge < -0.3 is 5.32 Å². The Kier molecular flexibility index (Phi) is 5.97. The predicted molar refractivity (Wildman–Crippen MR) is 101 cm³/mol. The van der Waals surface area contributed by atoms with Crippen molar-refractivity contribution >= 4 is 46.9 Å². The normalized spacial score (nSPS) is 11.5. The lowest BCUT2D eigenvalue weighted by atomic mass is 10.2. The van der Waals surface area contributed by atoms with Crippen LogP contribution in [0.15, 0.2) is 57.2 Å². The molecule has 1 amide bonds. The fourth-order valence-corrected chi connectivity index (χ4v) is 3.91. The van der Waals surface area contributed by atoms with Crippen LogP contribution in [0.4, 0.5) is 5.69 Å². The first-order chi connectivity index (χ1) is 11.2. The summed E-state index contributed by atoms with van der Waals surface area (Å²) >= 11 is 8.52. The Bertz CT molecular complexity index is 865. The van der Waals surface area contributed by atoms with Gasteiger partial charge in [-0.2, -0.15) is 0 Å². The zero-order chi connectivity index (χ0) is 17.9. The molecule has 128 valence electrons. The molecule has 2 N–H and O–H groups in total. The average molecular weight is 383 g/mol. The van der Waals surface area contributed by atoms with E-state index in [9.17, 15) is 13.2 Å². The predicted octanol–water partition coefficient (Wildman–Crippen LogP) is 3.20. The number of rotatable bonds is 5. The van der Waals surface area contributed by atoms with Gasteiger partial charge in [0.1, 0.15) is 0 Å². The van der Waals surface area contributed by atoms with E-state index in [2.05, 4.69) is 35.3 Å². The molecular weight excluding hydrogens is 364 g/mol. The Morgan fingerprint density at radius 1 is 1.04 bits per heavy atom. The molecule has 2 aromatic rings. The molecule has 0 atom stereocenters. The van der Waals surface area contributed by atoms with E-state index in [1.807, 2.05) is 0 Å². The maximum Gasteiger partial charge on any atom is 0.256 e. The van der Waals surface area contributed by atoms with Gasteiger partial charge in [0.2, 0.25) is 10.0 Å². The van der Waals surface area contributed by atoms with Crippen molar-refractivity contribution < 1.29 is 13.2 Å². The van der Waals surface area contributed by atoms with Crippen molar-refractivity contribution in [2.75, 3.05) is 5.32 Å². The Labute approximate surface area is 152 Å². The van der Waals surface area contributed by atoms with Crippen molar-refractivity contribution in [3.8, 4) is 0 Å². The highest BCUT2D eigenvalue weighted by Gasteiger charge is 2.17. The Morgan fingerprint density at radius 3 is 2.29 bits per heavy atom. The maximum absolute atomic E-state index is 12.3. The lowest BCUT2D eigenvalue weighted by Crippen LogP contribution is -2.30. The van der Waals surface area contributed by atoms with Crippen molar-refractivity contribution in [2.45, 2.75) is 34.6 Å².